The van der Waals surface area contributed by atoms with E-state index >= 15 is 0 Å². The summed E-state index contributed by atoms with van der Waals surface area (Å²) < 4.78 is 0.993. The average molecular weight is 402 g/mol. The zero-order valence-corrected chi connectivity index (χ0v) is 13.8. The minimum Gasteiger partial charge on any atom is -0.481 e. The molecule has 5 nitrogen and oxygen atoms in total. The fourth-order valence-electron chi connectivity index (χ4n) is 2.58. The highest BCUT2D eigenvalue weighted by Crippen LogP contribution is 2.28. The molecule has 114 valence electrons. The van der Waals surface area contributed by atoms with E-state index in [9.17, 15) is 9.59 Å². The number of hydrogen-bond acceptors (Lipinski definition) is 2. The largest absolute Gasteiger partial charge is 0.481 e. The third-order valence-corrected chi connectivity index (χ3v) is 4.81. The van der Waals surface area contributed by atoms with Crippen LogP contribution in [-0.2, 0) is 4.79 Å². The number of amides is 2. The quantitative estimate of drug-likeness (QED) is 0.677. The minimum absolute atomic E-state index is 0.207. The first-order valence-electron chi connectivity index (χ1n) is 7.08. The molecular formula is C15H19IN2O3. The lowest BCUT2D eigenvalue weighted by atomic mass is 9.82. The number of carboxylic acid groups (broad SMARTS) is 1. The second kappa shape index (κ2) is 7.63. The molecule has 0 aromatic heterocycles. The molecule has 0 saturated heterocycles. The van der Waals surface area contributed by atoms with Crippen molar-refractivity contribution in [2.75, 3.05) is 11.9 Å². The summed E-state index contributed by atoms with van der Waals surface area (Å²) in [5.74, 6) is -0.528. The monoisotopic (exact) mass is 402 g/mol. The molecule has 0 atom stereocenters. The van der Waals surface area contributed by atoms with Gasteiger partial charge in [-0.25, -0.2) is 4.79 Å². The van der Waals surface area contributed by atoms with E-state index in [0.29, 0.717) is 25.3 Å². The van der Waals surface area contributed by atoms with Crippen LogP contribution in [0.4, 0.5) is 10.5 Å². The van der Waals surface area contributed by atoms with Crippen LogP contribution in [-0.4, -0.2) is 23.7 Å². The van der Waals surface area contributed by atoms with Crippen molar-refractivity contribution in [1.82, 2.24) is 5.32 Å². The highest BCUT2D eigenvalue weighted by Gasteiger charge is 2.25. The number of benzene rings is 1. The Hall–Kier alpha value is -1.31. The normalized spacial score (nSPS) is 21.6. The summed E-state index contributed by atoms with van der Waals surface area (Å²) in [5.41, 5.74) is 0.796. The number of aliphatic carboxylic acids is 1. The summed E-state index contributed by atoms with van der Waals surface area (Å²) in [5, 5.41) is 14.6. The smallest absolute Gasteiger partial charge is 0.319 e. The van der Waals surface area contributed by atoms with E-state index in [1.807, 2.05) is 24.3 Å². The van der Waals surface area contributed by atoms with Gasteiger partial charge in [-0.2, -0.15) is 0 Å². The van der Waals surface area contributed by atoms with Crippen LogP contribution in [0.3, 0.4) is 0 Å². The molecule has 1 aromatic rings. The highest BCUT2D eigenvalue weighted by atomic mass is 127. The van der Waals surface area contributed by atoms with Crippen molar-refractivity contribution >= 4 is 40.3 Å². The molecule has 2 rings (SSSR count). The first kappa shape index (κ1) is 16.1. The Labute approximate surface area is 137 Å². The van der Waals surface area contributed by atoms with E-state index in [2.05, 4.69) is 33.2 Å². The molecule has 21 heavy (non-hydrogen) atoms. The summed E-state index contributed by atoms with van der Waals surface area (Å²) in [7, 11) is 0. The summed E-state index contributed by atoms with van der Waals surface area (Å²) in [6.07, 6.45) is 3.14. The van der Waals surface area contributed by atoms with Gasteiger partial charge in [0.2, 0.25) is 0 Å². The highest BCUT2D eigenvalue weighted by molar-refractivity contribution is 14.1. The predicted molar refractivity (Wildman–Crippen MR) is 89.3 cm³/mol. The maximum Gasteiger partial charge on any atom is 0.319 e. The van der Waals surface area contributed by atoms with Gasteiger partial charge in [0.05, 0.1) is 11.6 Å². The predicted octanol–water partition coefficient (Wildman–Crippen LogP) is 3.30. The van der Waals surface area contributed by atoms with E-state index in [1.54, 1.807) is 0 Å². The molecular weight excluding hydrogens is 383 g/mol. The minimum atomic E-state index is -0.696. The van der Waals surface area contributed by atoms with Crippen LogP contribution < -0.4 is 10.6 Å². The van der Waals surface area contributed by atoms with E-state index in [4.69, 9.17) is 5.11 Å². The molecule has 0 radical (unpaired) electrons. The number of rotatable bonds is 4. The molecule has 3 N–H and O–H groups in total. The fourth-order valence-corrected chi connectivity index (χ4v) is 3.10. The lowest BCUT2D eigenvalue weighted by molar-refractivity contribution is -0.143. The van der Waals surface area contributed by atoms with Crippen molar-refractivity contribution in [2.24, 2.45) is 11.8 Å². The maximum absolute atomic E-state index is 11.9. The van der Waals surface area contributed by atoms with Gasteiger partial charge in [0.1, 0.15) is 0 Å². The number of urea groups is 1. The van der Waals surface area contributed by atoms with Crippen molar-refractivity contribution < 1.29 is 14.7 Å². The molecule has 0 spiro atoms. The van der Waals surface area contributed by atoms with Crippen molar-refractivity contribution in [2.45, 2.75) is 25.7 Å². The molecule has 1 aliphatic rings. The van der Waals surface area contributed by atoms with Gasteiger partial charge in [-0.05, 0) is 66.3 Å². The first-order chi connectivity index (χ1) is 10.1. The summed E-state index contributed by atoms with van der Waals surface area (Å²) in [6.45, 7) is 0.599. The van der Waals surface area contributed by atoms with Crippen molar-refractivity contribution in [3.05, 3.63) is 27.8 Å². The van der Waals surface area contributed by atoms with Crippen LogP contribution in [0.2, 0.25) is 0 Å². The zero-order chi connectivity index (χ0) is 15.2. The fraction of sp³-hybridized carbons (Fsp3) is 0.467. The Morgan fingerprint density at radius 3 is 2.48 bits per heavy atom. The van der Waals surface area contributed by atoms with Gasteiger partial charge in [-0.3, -0.25) is 4.79 Å². The summed E-state index contributed by atoms with van der Waals surface area (Å²) in [6, 6.07) is 7.39. The molecule has 0 unspecified atom stereocenters. The van der Waals surface area contributed by atoms with E-state index in [0.717, 1.165) is 22.1 Å². The Balaban J connectivity index is 1.73. The molecule has 2 amide bonds. The Morgan fingerprint density at radius 2 is 1.86 bits per heavy atom. The van der Waals surface area contributed by atoms with Crippen molar-refractivity contribution in [1.29, 1.82) is 0 Å². The maximum atomic E-state index is 11.9. The lowest BCUT2D eigenvalue weighted by Gasteiger charge is -2.26. The average Bonchev–Trinajstić information content (AvgIpc) is 2.48. The molecule has 1 aromatic carbocycles. The number of hydrogen-bond donors (Lipinski definition) is 3. The van der Waals surface area contributed by atoms with Gasteiger partial charge < -0.3 is 15.7 Å². The number of carbonyl (C=O) groups is 2. The summed E-state index contributed by atoms with van der Waals surface area (Å²) >= 11 is 2.18. The van der Waals surface area contributed by atoms with Gasteiger partial charge in [0.15, 0.2) is 0 Å². The number of carbonyl (C=O) groups excluding carboxylic acids is 1. The molecule has 1 fully saturated rings. The summed E-state index contributed by atoms with van der Waals surface area (Å²) in [4.78, 5) is 22.7. The third kappa shape index (κ3) is 4.87. The van der Waals surface area contributed by atoms with Gasteiger partial charge in [-0.1, -0.05) is 12.1 Å². The van der Waals surface area contributed by atoms with Crippen LogP contribution in [0.25, 0.3) is 0 Å². The zero-order valence-electron chi connectivity index (χ0n) is 11.6. The van der Waals surface area contributed by atoms with E-state index in [1.165, 1.54) is 0 Å². The molecule has 0 heterocycles. The van der Waals surface area contributed by atoms with Crippen molar-refractivity contribution in [3.63, 3.8) is 0 Å². The Bertz CT molecular complexity index is 513. The van der Waals surface area contributed by atoms with Gasteiger partial charge >= 0.3 is 12.0 Å². The lowest BCUT2D eigenvalue weighted by Crippen LogP contribution is -2.35. The molecule has 6 heteroatoms. The SMILES string of the molecule is O=C(NCC1CCC(C(=O)O)CC1)Nc1ccccc1I. The van der Waals surface area contributed by atoms with Crippen LogP contribution in [0.15, 0.2) is 24.3 Å². The topological polar surface area (TPSA) is 78.4 Å². The van der Waals surface area contributed by atoms with Gasteiger partial charge in [0.25, 0.3) is 0 Å². The molecule has 1 aliphatic carbocycles. The number of anilines is 1. The van der Waals surface area contributed by atoms with Crippen LogP contribution >= 0.6 is 22.6 Å². The Kier molecular flexibility index (Phi) is 5.84. The second-order valence-corrected chi connectivity index (χ2v) is 6.53. The molecule has 1 saturated carbocycles. The van der Waals surface area contributed by atoms with Gasteiger partial charge in [0, 0.05) is 10.1 Å². The first-order valence-corrected chi connectivity index (χ1v) is 8.16. The standard InChI is InChI=1S/C15H19IN2O3/c16-12-3-1-2-4-13(12)18-15(21)17-9-10-5-7-11(8-6-10)14(19)20/h1-4,10-11H,5-9H2,(H,19,20)(H2,17,18,21). The Morgan fingerprint density at radius 1 is 1.19 bits per heavy atom. The third-order valence-electron chi connectivity index (χ3n) is 3.87. The number of para-hydroxylation sites is 1. The number of halogens is 1. The molecule has 0 bridgehead atoms. The van der Waals surface area contributed by atoms with Crippen molar-refractivity contribution in [3.8, 4) is 0 Å². The van der Waals surface area contributed by atoms with E-state index < -0.39 is 5.97 Å². The van der Waals surface area contributed by atoms with Gasteiger partial charge in [-0.15, -0.1) is 0 Å². The molecule has 0 aliphatic heterocycles. The number of nitrogens with one attached hydrogen (secondary N) is 2. The van der Waals surface area contributed by atoms with E-state index in [-0.39, 0.29) is 11.9 Å². The van der Waals surface area contributed by atoms with Crippen LogP contribution in [0.5, 0.6) is 0 Å². The van der Waals surface area contributed by atoms with Crippen LogP contribution in [0, 0.1) is 15.4 Å². The number of carboxylic acids is 1. The second-order valence-electron chi connectivity index (χ2n) is 5.37. The van der Waals surface area contributed by atoms with Crippen LogP contribution in [0.1, 0.15) is 25.7 Å².